The lowest BCUT2D eigenvalue weighted by Gasteiger charge is -2.28. The molecule has 0 aromatic heterocycles. The summed E-state index contributed by atoms with van der Waals surface area (Å²) in [7, 11) is 1.13. The van der Waals surface area contributed by atoms with E-state index in [4.69, 9.17) is 18.5 Å². The second kappa shape index (κ2) is 56.1. The van der Waals surface area contributed by atoms with Crippen molar-refractivity contribution >= 4 is 19.8 Å². The van der Waals surface area contributed by atoms with Gasteiger partial charge in [0.1, 0.15) is 19.8 Å². The number of carbonyl (C=O) groups excluding carboxylic acids is 2. The normalized spacial score (nSPS) is 14.1. The molecule has 2 atom stereocenters. The van der Waals surface area contributed by atoms with Gasteiger partial charge in [0.05, 0.1) is 27.7 Å². The van der Waals surface area contributed by atoms with E-state index in [1.165, 1.54) is 96.3 Å². The first-order chi connectivity index (χ1) is 37.0. The van der Waals surface area contributed by atoms with Gasteiger partial charge in [0.25, 0.3) is 7.82 Å². The average Bonchev–Trinajstić information content (AvgIpc) is 3.38. The molecule has 0 saturated heterocycles. The van der Waals surface area contributed by atoms with Gasteiger partial charge in [-0.25, -0.2) is 0 Å². The molecule has 0 radical (unpaired) electrons. The maximum absolute atomic E-state index is 12.8. The molecule has 434 valence electrons. The molecular weight excluding hydrogens is 966 g/mol. The van der Waals surface area contributed by atoms with Crippen molar-refractivity contribution in [3.63, 3.8) is 0 Å². The Balaban J connectivity index is 4.27. The van der Waals surface area contributed by atoms with E-state index in [9.17, 15) is 19.0 Å². The SMILES string of the molecule is CC/C=C\C/C=C\C/C=C\C/C=C\C/C=C\C/C=C\C/C=C\C/C=C\C/C=C\CCCCCC(=O)OC(COC(=O)CCCCCCCCCCC/C=C\CCCCCCCCCC)COP(=O)([O-])OCC[N+](C)(C)C. The number of allylic oxidation sites excluding steroid dienone is 20. The van der Waals surface area contributed by atoms with Gasteiger partial charge in [-0.1, -0.05) is 232 Å². The standard InChI is InChI=1S/C66H112NO8P/c1-6-8-10-12-14-16-18-20-22-24-26-28-29-30-31-32-33-34-35-36-37-39-41-43-45-47-49-51-53-55-57-59-66(69)75-64(63-74-76(70,71)73-61-60-67(3,4)5)62-72-65(68)58-56-54-52-50-48-46-44-42-40-38-27-25-23-21-19-17-15-13-11-9-7-2/h8,10,14,16,20,22,25-28,30-31,33-34,36-37,41,43,47,49,64H,6-7,9,11-13,15,17-19,21,23-24,29,32,35,38-40,42,44-46,48,50-63H2,1-5H3/b10-8-,16-14-,22-20-,27-25-,28-26-,31-30-,34-33-,37-36-,43-41-,49-47-. The summed E-state index contributed by atoms with van der Waals surface area (Å²) in [5, 5.41) is 0. The predicted molar refractivity (Wildman–Crippen MR) is 323 cm³/mol. The Kier molecular flexibility index (Phi) is 53.5. The number of ether oxygens (including phenoxy) is 2. The molecule has 0 amide bonds. The Morgan fingerprint density at radius 2 is 0.750 bits per heavy atom. The number of nitrogens with zero attached hydrogens (tertiary/aromatic N) is 1. The fourth-order valence-electron chi connectivity index (χ4n) is 7.82. The molecule has 0 bridgehead atoms. The summed E-state index contributed by atoms with van der Waals surface area (Å²) < 4.78 is 34.1. The van der Waals surface area contributed by atoms with Crippen LogP contribution in [0, 0.1) is 0 Å². The van der Waals surface area contributed by atoms with Crippen LogP contribution < -0.4 is 4.89 Å². The number of hydrogen-bond donors (Lipinski definition) is 0. The molecule has 0 spiro atoms. The first-order valence-corrected chi connectivity index (χ1v) is 31.7. The third kappa shape index (κ3) is 59.7. The van der Waals surface area contributed by atoms with Gasteiger partial charge >= 0.3 is 11.9 Å². The highest BCUT2D eigenvalue weighted by Gasteiger charge is 2.21. The van der Waals surface area contributed by atoms with Crippen LogP contribution in [0.3, 0.4) is 0 Å². The third-order valence-electron chi connectivity index (χ3n) is 12.5. The number of unbranched alkanes of at least 4 members (excludes halogenated alkanes) is 20. The maximum Gasteiger partial charge on any atom is 0.306 e. The van der Waals surface area contributed by atoms with E-state index in [2.05, 4.69) is 135 Å². The molecule has 9 nitrogen and oxygen atoms in total. The van der Waals surface area contributed by atoms with Gasteiger partial charge in [-0.3, -0.25) is 14.2 Å². The Morgan fingerprint density at radius 3 is 1.14 bits per heavy atom. The number of carbonyl (C=O) groups is 2. The fourth-order valence-corrected chi connectivity index (χ4v) is 8.55. The number of rotatable bonds is 54. The van der Waals surface area contributed by atoms with E-state index < -0.39 is 32.5 Å². The monoisotopic (exact) mass is 1080 g/mol. The second-order valence-electron chi connectivity index (χ2n) is 21.0. The average molecular weight is 1080 g/mol. The van der Waals surface area contributed by atoms with E-state index in [-0.39, 0.29) is 26.1 Å². The quantitative estimate of drug-likeness (QED) is 0.0195. The number of quaternary nitrogens is 1. The number of hydrogen-bond acceptors (Lipinski definition) is 8. The topological polar surface area (TPSA) is 111 Å². The fraction of sp³-hybridized carbons (Fsp3) is 0.667. The van der Waals surface area contributed by atoms with Gasteiger partial charge in [-0.15, -0.1) is 0 Å². The minimum absolute atomic E-state index is 0.0443. The molecule has 0 N–H and O–H groups in total. The van der Waals surface area contributed by atoms with Crippen molar-refractivity contribution in [3.8, 4) is 0 Å². The van der Waals surface area contributed by atoms with Crippen molar-refractivity contribution in [1.29, 1.82) is 0 Å². The lowest BCUT2D eigenvalue weighted by molar-refractivity contribution is -0.870. The molecule has 0 aromatic carbocycles. The molecule has 76 heavy (non-hydrogen) atoms. The summed E-state index contributed by atoms with van der Waals surface area (Å²) in [6.07, 6.45) is 79.6. The summed E-state index contributed by atoms with van der Waals surface area (Å²) in [6.45, 7) is 4.08. The number of phosphoric ester groups is 1. The van der Waals surface area contributed by atoms with E-state index in [0.29, 0.717) is 17.4 Å². The highest BCUT2D eigenvalue weighted by atomic mass is 31.2. The van der Waals surface area contributed by atoms with Gasteiger partial charge in [0, 0.05) is 12.8 Å². The van der Waals surface area contributed by atoms with Gasteiger partial charge in [0.15, 0.2) is 6.10 Å². The van der Waals surface area contributed by atoms with Crippen molar-refractivity contribution < 1.29 is 42.1 Å². The van der Waals surface area contributed by atoms with Crippen molar-refractivity contribution in [2.24, 2.45) is 0 Å². The van der Waals surface area contributed by atoms with E-state index in [0.717, 1.165) is 103 Å². The van der Waals surface area contributed by atoms with Gasteiger partial charge in [-0.2, -0.15) is 0 Å². The summed E-state index contributed by atoms with van der Waals surface area (Å²) in [5.41, 5.74) is 0. The third-order valence-corrected chi connectivity index (χ3v) is 13.4. The number of likely N-dealkylation sites (N-methyl/N-ethyl adjacent to an activating group) is 1. The Morgan fingerprint density at radius 1 is 0.421 bits per heavy atom. The molecule has 0 aromatic rings. The first kappa shape index (κ1) is 72.4. The molecule has 0 aliphatic carbocycles. The Labute approximate surface area is 467 Å². The molecule has 0 rings (SSSR count). The van der Waals surface area contributed by atoms with E-state index in [1.54, 1.807) is 0 Å². The number of phosphoric acid groups is 1. The lowest BCUT2D eigenvalue weighted by atomic mass is 10.1. The molecule has 0 aliphatic heterocycles. The molecule has 2 unspecified atom stereocenters. The van der Waals surface area contributed by atoms with Crippen LogP contribution in [0.4, 0.5) is 0 Å². The van der Waals surface area contributed by atoms with Crippen molar-refractivity contribution in [2.45, 2.75) is 238 Å². The maximum atomic E-state index is 12.8. The van der Waals surface area contributed by atoms with E-state index >= 15 is 0 Å². The summed E-state index contributed by atoms with van der Waals surface area (Å²) in [6, 6.07) is 0. The highest BCUT2D eigenvalue weighted by molar-refractivity contribution is 7.45. The Bertz CT molecular complexity index is 1700. The minimum Gasteiger partial charge on any atom is -0.756 e. The zero-order valence-corrected chi connectivity index (χ0v) is 50.0. The van der Waals surface area contributed by atoms with Crippen LogP contribution in [0.15, 0.2) is 122 Å². The smallest absolute Gasteiger partial charge is 0.306 e. The van der Waals surface area contributed by atoms with Crippen LogP contribution in [-0.2, 0) is 32.7 Å². The largest absolute Gasteiger partial charge is 0.756 e. The summed E-state index contributed by atoms with van der Waals surface area (Å²) in [4.78, 5) is 37.9. The van der Waals surface area contributed by atoms with Crippen LogP contribution in [0.5, 0.6) is 0 Å². The molecule has 10 heteroatoms. The summed E-state index contributed by atoms with van der Waals surface area (Å²) in [5.74, 6) is -0.880. The van der Waals surface area contributed by atoms with Crippen LogP contribution in [-0.4, -0.2) is 70.0 Å². The minimum atomic E-state index is -4.66. The van der Waals surface area contributed by atoms with Crippen LogP contribution >= 0.6 is 7.82 Å². The van der Waals surface area contributed by atoms with Crippen molar-refractivity contribution in [3.05, 3.63) is 122 Å². The zero-order valence-electron chi connectivity index (χ0n) is 49.2. The van der Waals surface area contributed by atoms with Crippen LogP contribution in [0.1, 0.15) is 232 Å². The van der Waals surface area contributed by atoms with E-state index in [1.807, 2.05) is 21.1 Å². The zero-order chi connectivity index (χ0) is 55.6. The second-order valence-corrected chi connectivity index (χ2v) is 22.4. The van der Waals surface area contributed by atoms with Crippen molar-refractivity contribution in [1.82, 2.24) is 0 Å². The summed E-state index contributed by atoms with van der Waals surface area (Å²) >= 11 is 0. The van der Waals surface area contributed by atoms with Gasteiger partial charge < -0.3 is 27.9 Å². The molecule has 0 fully saturated rings. The molecule has 0 heterocycles. The lowest BCUT2D eigenvalue weighted by Crippen LogP contribution is -2.37. The highest BCUT2D eigenvalue weighted by Crippen LogP contribution is 2.38. The van der Waals surface area contributed by atoms with Gasteiger partial charge in [-0.05, 0) is 109 Å². The van der Waals surface area contributed by atoms with Crippen molar-refractivity contribution in [2.75, 3.05) is 47.5 Å². The Hall–Kier alpha value is -3.59. The first-order valence-electron chi connectivity index (χ1n) is 30.2. The van der Waals surface area contributed by atoms with Crippen LogP contribution in [0.2, 0.25) is 0 Å². The molecular formula is C66H112NO8P. The molecule has 0 aliphatic rings. The van der Waals surface area contributed by atoms with Crippen LogP contribution in [0.25, 0.3) is 0 Å². The predicted octanol–water partition coefficient (Wildman–Crippen LogP) is 18.5. The number of esters is 2. The molecule has 0 saturated carbocycles. The van der Waals surface area contributed by atoms with Gasteiger partial charge in [0.2, 0.25) is 0 Å².